The molecule has 3 N–H and O–H groups in total. The summed E-state index contributed by atoms with van der Waals surface area (Å²) in [5, 5.41) is 17.2. The molecule has 4 aliphatic rings. The van der Waals surface area contributed by atoms with Gasteiger partial charge in [0.25, 0.3) is 0 Å². The Morgan fingerprint density at radius 3 is 2.61 bits per heavy atom. The number of anilines is 3. The number of aromatic nitrogens is 5. The average Bonchev–Trinajstić information content (AvgIpc) is 3.45. The van der Waals surface area contributed by atoms with Gasteiger partial charge in [0.2, 0.25) is 11.9 Å². The third-order valence-corrected chi connectivity index (χ3v) is 9.66. The lowest BCUT2D eigenvalue weighted by atomic mass is 9.94. The number of ether oxygens (including phenoxy) is 1. The number of fused-ring (bicyclic) bond motifs is 4. The van der Waals surface area contributed by atoms with Crippen LogP contribution in [0.1, 0.15) is 54.4 Å². The molecule has 4 aromatic rings. The number of aryl methyl sites for hydroxylation is 4. The lowest BCUT2D eigenvalue weighted by Crippen LogP contribution is -2.47. The van der Waals surface area contributed by atoms with Crippen LogP contribution in [0.3, 0.4) is 0 Å². The summed E-state index contributed by atoms with van der Waals surface area (Å²) in [7, 11) is 0. The normalized spacial score (nSPS) is 23.7. The number of benzene rings is 2. The number of hydrogen-bond donors (Lipinski definition) is 2. The van der Waals surface area contributed by atoms with Crippen molar-refractivity contribution in [2.75, 3.05) is 30.7 Å². The molecule has 2 aliphatic carbocycles. The predicted molar refractivity (Wildman–Crippen MR) is 158 cm³/mol. The first-order valence-corrected chi connectivity index (χ1v) is 15.1. The van der Waals surface area contributed by atoms with E-state index in [1.54, 1.807) is 4.68 Å². The van der Waals surface area contributed by atoms with Gasteiger partial charge in [0.1, 0.15) is 0 Å². The van der Waals surface area contributed by atoms with Crippen molar-refractivity contribution in [3.63, 3.8) is 0 Å². The van der Waals surface area contributed by atoms with Gasteiger partial charge in [0.15, 0.2) is 5.82 Å². The molecule has 0 bridgehead atoms. The van der Waals surface area contributed by atoms with E-state index in [4.69, 9.17) is 10.5 Å². The van der Waals surface area contributed by atoms with Crippen molar-refractivity contribution in [3.8, 4) is 17.1 Å². The first-order valence-electron chi connectivity index (χ1n) is 15.1. The van der Waals surface area contributed by atoms with Gasteiger partial charge in [-0.25, -0.2) is 0 Å². The summed E-state index contributed by atoms with van der Waals surface area (Å²) in [4.78, 5) is 7.19. The van der Waals surface area contributed by atoms with Crippen LogP contribution >= 0.6 is 0 Å². The SMILES string of the molecule is Nc1nc(Nc2ccc3c(c2)CCC(N2CC[C@]4(CCO4)C2)CC3)nn1-c1cc2c(nn1)-c1ccccc1CCC2. The van der Waals surface area contributed by atoms with E-state index in [0.29, 0.717) is 17.8 Å². The Kier molecular flexibility index (Phi) is 6.03. The second-order valence-corrected chi connectivity index (χ2v) is 12.1. The Hall–Kier alpha value is -3.82. The van der Waals surface area contributed by atoms with Gasteiger partial charge in [-0.1, -0.05) is 30.3 Å². The molecule has 2 atom stereocenters. The van der Waals surface area contributed by atoms with Gasteiger partial charge in [-0.2, -0.15) is 9.67 Å². The van der Waals surface area contributed by atoms with Crippen LogP contribution in [0.15, 0.2) is 48.5 Å². The summed E-state index contributed by atoms with van der Waals surface area (Å²) >= 11 is 0. The molecule has 2 saturated heterocycles. The van der Waals surface area contributed by atoms with Gasteiger partial charge in [-0.15, -0.1) is 15.3 Å². The molecule has 2 aromatic carbocycles. The molecule has 1 spiro atoms. The van der Waals surface area contributed by atoms with Crippen LogP contribution in [-0.4, -0.2) is 61.2 Å². The predicted octanol–water partition coefficient (Wildman–Crippen LogP) is 4.65. The van der Waals surface area contributed by atoms with Crippen molar-refractivity contribution in [2.24, 2.45) is 0 Å². The summed E-state index contributed by atoms with van der Waals surface area (Å²) in [5.41, 5.74) is 14.9. The third-order valence-electron chi connectivity index (χ3n) is 9.66. The Bertz CT molecular complexity index is 1610. The topological polar surface area (TPSA) is 107 Å². The molecule has 2 fully saturated rings. The standard InChI is InChI=1S/C32H36N8O/c33-30-35-31(38-40(30)28-19-24-6-3-5-22-4-1-2-7-27(22)29(24)37-36-28)34-25-11-8-21-9-12-26(13-10-23(21)18-25)39-16-14-32(20-39)15-17-41-32/h1-2,4,7-8,11,18-19,26H,3,5-6,9-10,12-17,20H2,(H3,33,34,35,38)/t26?,32-/m0/s1. The van der Waals surface area contributed by atoms with Crippen LogP contribution in [-0.2, 0) is 30.4 Å². The van der Waals surface area contributed by atoms with E-state index in [1.165, 1.54) is 54.5 Å². The van der Waals surface area contributed by atoms with E-state index in [1.807, 2.05) is 0 Å². The lowest BCUT2D eigenvalue weighted by Gasteiger charge is -2.39. The monoisotopic (exact) mass is 548 g/mol. The van der Waals surface area contributed by atoms with Gasteiger partial charge in [-0.05, 0) is 91.8 Å². The minimum absolute atomic E-state index is 0.171. The summed E-state index contributed by atoms with van der Waals surface area (Å²) in [6, 6.07) is 17.8. The molecule has 9 nitrogen and oxygen atoms in total. The fraction of sp³-hybridized carbons (Fsp3) is 0.438. The van der Waals surface area contributed by atoms with Crippen molar-refractivity contribution in [1.82, 2.24) is 29.9 Å². The largest absolute Gasteiger partial charge is 0.373 e. The minimum Gasteiger partial charge on any atom is -0.373 e. The number of likely N-dealkylation sites (tertiary alicyclic amines) is 1. The highest BCUT2D eigenvalue weighted by molar-refractivity contribution is 5.68. The number of nitrogens with zero attached hydrogens (tertiary/aromatic N) is 6. The average molecular weight is 549 g/mol. The van der Waals surface area contributed by atoms with Crippen molar-refractivity contribution in [1.29, 1.82) is 0 Å². The lowest BCUT2D eigenvalue weighted by molar-refractivity contribution is -0.138. The third kappa shape index (κ3) is 4.57. The highest BCUT2D eigenvalue weighted by atomic mass is 16.5. The Morgan fingerprint density at radius 1 is 0.902 bits per heavy atom. The molecule has 0 saturated carbocycles. The summed E-state index contributed by atoms with van der Waals surface area (Å²) < 4.78 is 7.54. The Labute approximate surface area is 240 Å². The van der Waals surface area contributed by atoms with Crippen molar-refractivity contribution >= 4 is 17.6 Å². The fourth-order valence-electron chi connectivity index (χ4n) is 7.29. The molecule has 0 radical (unpaired) electrons. The van der Waals surface area contributed by atoms with E-state index >= 15 is 0 Å². The van der Waals surface area contributed by atoms with E-state index < -0.39 is 0 Å². The van der Waals surface area contributed by atoms with E-state index in [9.17, 15) is 0 Å². The smallest absolute Gasteiger partial charge is 0.248 e. The first-order chi connectivity index (χ1) is 20.1. The van der Waals surface area contributed by atoms with Crippen LogP contribution in [0.25, 0.3) is 17.1 Å². The zero-order chi connectivity index (χ0) is 27.4. The van der Waals surface area contributed by atoms with Crippen molar-refractivity contribution < 1.29 is 4.74 Å². The van der Waals surface area contributed by atoms with Crippen LogP contribution in [0.4, 0.5) is 17.6 Å². The molecule has 9 heteroatoms. The fourth-order valence-corrected chi connectivity index (χ4v) is 7.29. The van der Waals surface area contributed by atoms with E-state index in [-0.39, 0.29) is 11.5 Å². The molecule has 8 rings (SSSR count). The maximum absolute atomic E-state index is 6.32. The molecule has 210 valence electrons. The van der Waals surface area contributed by atoms with Gasteiger partial charge >= 0.3 is 0 Å². The van der Waals surface area contributed by atoms with Gasteiger partial charge in [0.05, 0.1) is 17.9 Å². The summed E-state index contributed by atoms with van der Waals surface area (Å²) in [5.74, 6) is 1.33. The highest BCUT2D eigenvalue weighted by Crippen LogP contribution is 2.38. The number of nitrogen functional groups attached to an aromatic ring is 1. The molecule has 41 heavy (non-hydrogen) atoms. The maximum atomic E-state index is 6.32. The molecule has 4 heterocycles. The zero-order valence-electron chi connectivity index (χ0n) is 23.4. The van der Waals surface area contributed by atoms with Crippen LogP contribution in [0.5, 0.6) is 0 Å². The Morgan fingerprint density at radius 2 is 1.76 bits per heavy atom. The molecule has 2 aliphatic heterocycles. The second-order valence-electron chi connectivity index (χ2n) is 12.1. The number of hydrogen-bond acceptors (Lipinski definition) is 8. The summed E-state index contributed by atoms with van der Waals surface area (Å²) in [6.07, 6.45) is 10.1. The number of nitrogens with two attached hydrogens (primary N) is 1. The molecular formula is C32H36N8O. The Balaban J connectivity index is 0.984. The van der Waals surface area contributed by atoms with Crippen molar-refractivity contribution in [3.05, 3.63) is 70.8 Å². The van der Waals surface area contributed by atoms with Gasteiger partial charge < -0.3 is 15.8 Å². The van der Waals surface area contributed by atoms with E-state index in [0.717, 1.165) is 62.2 Å². The molecular weight excluding hydrogens is 512 g/mol. The number of nitrogens with one attached hydrogen (secondary N) is 1. The molecule has 1 unspecified atom stereocenters. The highest BCUT2D eigenvalue weighted by Gasteiger charge is 2.45. The first kappa shape index (κ1) is 24.9. The van der Waals surface area contributed by atoms with Crippen molar-refractivity contribution in [2.45, 2.75) is 69.4 Å². The zero-order valence-corrected chi connectivity index (χ0v) is 23.4. The van der Waals surface area contributed by atoms with Crippen LogP contribution in [0, 0.1) is 0 Å². The quantitative estimate of drug-likeness (QED) is 0.355. The number of rotatable bonds is 4. The molecule has 0 amide bonds. The van der Waals surface area contributed by atoms with Crippen LogP contribution in [0.2, 0.25) is 0 Å². The maximum Gasteiger partial charge on any atom is 0.248 e. The van der Waals surface area contributed by atoms with Gasteiger partial charge in [-0.3, -0.25) is 4.90 Å². The minimum atomic E-state index is 0.171. The molecule has 2 aromatic heterocycles. The van der Waals surface area contributed by atoms with Crippen LogP contribution < -0.4 is 11.1 Å². The summed E-state index contributed by atoms with van der Waals surface area (Å²) in [6.45, 7) is 3.22. The van der Waals surface area contributed by atoms with Gasteiger partial charge in [0, 0.05) is 36.8 Å². The van der Waals surface area contributed by atoms with E-state index in [2.05, 4.69) is 79.0 Å². The second kappa shape index (κ2) is 9.92.